The molecule has 2 unspecified atom stereocenters. The van der Waals surface area contributed by atoms with Crippen molar-refractivity contribution in [1.82, 2.24) is 0 Å². The Bertz CT molecular complexity index is 361. The van der Waals surface area contributed by atoms with Gasteiger partial charge in [0.25, 0.3) is 0 Å². The molecule has 2 atom stereocenters. The van der Waals surface area contributed by atoms with Crippen molar-refractivity contribution in [3.8, 4) is 0 Å². The van der Waals surface area contributed by atoms with Crippen LogP contribution in [-0.2, 0) is 4.74 Å². The molecule has 0 aliphatic heterocycles. The lowest BCUT2D eigenvalue weighted by molar-refractivity contribution is 0.0901. The van der Waals surface area contributed by atoms with Crippen LogP contribution in [0, 0.1) is 11.8 Å². The van der Waals surface area contributed by atoms with Gasteiger partial charge in [-0.05, 0) is 36.8 Å². The Morgan fingerprint density at radius 1 is 1.17 bits per heavy atom. The second-order valence-electron chi connectivity index (χ2n) is 4.92. The summed E-state index contributed by atoms with van der Waals surface area (Å²) in [5, 5.41) is 0. The smallest absolute Gasteiger partial charge is 0.0560 e. The monoisotopic (exact) mass is 262 g/mol. The van der Waals surface area contributed by atoms with Crippen molar-refractivity contribution >= 4 is 11.8 Å². The van der Waals surface area contributed by atoms with Gasteiger partial charge in [-0.2, -0.15) is 0 Å². The Balaban J connectivity index is 1.57. The minimum atomic E-state index is 0.719. The molecule has 1 nitrogen and oxygen atoms in total. The summed E-state index contributed by atoms with van der Waals surface area (Å²) >= 11 is 1.87. The standard InChI is InChI=1S/C16H22OS/c1-14-7-5-6-8-15(14)13-17-11-12-18-16-9-3-2-4-10-16/h2-6,9-10,14-15H,7-8,11-13H2,1H3. The van der Waals surface area contributed by atoms with Crippen molar-refractivity contribution in [2.24, 2.45) is 11.8 Å². The number of rotatable bonds is 6. The second-order valence-corrected chi connectivity index (χ2v) is 6.08. The molecule has 1 aliphatic rings. The molecule has 1 aromatic carbocycles. The van der Waals surface area contributed by atoms with Crippen LogP contribution in [0.5, 0.6) is 0 Å². The molecule has 98 valence electrons. The minimum Gasteiger partial charge on any atom is -0.380 e. The van der Waals surface area contributed by atoms with E-state index in [2.05, 4.69) is 49.4 Å². The number of hydrogen-bond acceptors (Lipinski definition) is 2. The summed E-state index contributed by atoms with van der Waals surface area (Å²) in [6, 6.07) is 10.5. The third-order valence-corrected chi connectivity index (χ3v) is 4.47. The fourth-order valence-electron chi connectivity index (χ4n) is 2.21. The summed E-state index contributed by atoms with van der Waals surface area (Å²) in [4.78, 5) is 1.33. The van der Waals surface area contributed by atoms with E-state index in [1.54, 1.807) is 0 Å². The first-order valence-electron chi connectivity index (χ1n) is 6.77. The molecule has 0 amide bonds. The minimum absolute atomic E-state index is 0.719. The summed E-state index contributed by atoms with van der Waals surface area (Å²) in [6.07, 6.45) is 7.00. The maximum absolute atomic E-state index is 5.81. The molecule has 0 heterocycles. The number of benzene rings is 1. The highest BCUT2D eigenvalue weighted by atomic mass is 32.2. The van der Waals surface area contributed by atoms with Gasteiger partial charge in [-0.25, -0.2) is 0 Å². The van der Waals surface area contributed by atoms with E-state index in [0.717, 1.165) is 30.8 Å². The highest BCUT2D eigenvalue weighted by molar-refractivity contribution is 7.99. The summed E-state index contributed by atoms with van der Waals surface area (Å²) in [5.41, 5.74) is 0. The van der Waals surface area contributed by atoms with Gasteiger partial charge < -0.3 is 4.74 Å². The van der Waals surface area contributed by atoms with Crippen LogP contribution in [0.15, 0.2) is 47.4 Å². The number of ether oxygens (including phenoxy) is 1. The molecule has 0 N–H and O–H groups in total. The zero-order valence-electron chi connectivity index (χ0n) is 11.0. The topological polar surface area (TPSA) is 9.23 Å². The molecule has 0 saturated carbocycles. The number of hydrogen-bond donors (Lipinski definition) is 0. The van der Waals surface area contributed by atoms with Crippen LogP contribution in [-0.4, -0.2) is 19.0 Å². The van der Waals surface area contributed by atoms with Gasteiger partial charge in [0.2, 0.25) is 0 Å². The van der Waals surface area contributed by atoms with E-state index in [1.807, 2.05) is 11.8 Å². The lowest BCUT2D eigenvalue weighted by atomic mass is 9.85. The molecule has 2 heteroatoms. The first-order valence-corrected chi connectivity index (χ1v) is 7.75. The van der Waals surface area contributed by atoms with Crippen LogP contribution in [0.3, 0.4) is 0 Å². The van der Waals surface area contributed by atoms with Gasteiger partial charge in [-0.15, -0.1) is 11.8 Å². The van der Waals surface area contributed by atoms with Gasteiger partial charge >= 0.3 is 0 Å². The SMILES string of the molecule is CC1CC=CCC1COCCSc1ccccc1. The van der Waals surface area contributed by atoms with Crippen molar-refractivity contribution in [3.63, 3.8) is 0 Å². The van der Waals surface area contributed by atoms with Crippen LogP contribution in [0.25, 0.3) is 0 Å². The average molecular weight is 262 g/mol. The number of allylic oxidation sites excluding steroid dienone is 2. The van der Waals surface area contributed by atoms with E-state index in [4.69, 9.17) is 4.74 Å². The molecule has 1 aromatic rings. The summed E-state index contributed by atoms with van der Waals surface area (Å²) < 4.78 is 5.81. The van der Waals surface area contributed by atoms with Crippen molar-refractivity contribution in [2.45, 2.75) is 24.7 Å². The first-order chi connectivity index (χ1) is 8.86. The van der Waals surface area contributed by atoms with Gasteiger partial charge in [-0.3, -0.25) is 0 Å². The third kappa shape index (κ3) is 4.51. The van der Waals surface area contributed by atoms with Crippen molar-refractivity contribution in [2.75, 3.05) is 19.0 Å². The van der Waals surface area contributed by atoms with Gasteiger partial charge in [0, 0.05) is 17.3 Å². The highest BCUT2D eigenvalue weighted by Crippen LogP contribution is 2.25. The zero-order valence-corrected chi connectivity index (χ0v) is 11.9. The fraction of sp³-hybridized carbons (Fsp3) is 0.500. The molecule has 0 saturated heterocycles. The normalized spacial score (nSPS) is 23.2. The Morgan fingerprint density at radius 3 is 2.72 bits per heavy atom. The summed E-state index contributed by atoms with van der Waals surface area (Å²) in [6.45, 7) is 4.10. The lowest BCUT2D eigenvalue weighted by Gasteiger charge is -2.24. The molecule has 0 spiro atoms. The molecule has 18 heavy (non-hydrogen) atoms. The predicted octanol–water partition coefficient (Wildman–Crippen LogP) is 4.40. The molecule has 2 rings (SSSR count). The maximum Gasteiger partial charge on any atom is 0.0560 e. The van der Waals surface area contributed by atoms with E-state index in [0.29, 0.717) is 0 Å². The van der Waals surface area contributed by atoms with E-state index in [-0.39, 0.29) is 0 Å². The van der Waals surface area contributed by atoms with E-state index in [1.165, 1.54) is 17.7 Å². The molecule has 0 aromatic heterocycles. The molecule has 0 fully saturated rings. The summed E-state index contributed by atoms with van der Waals surface area (Å²) in [7, 11) is 0. The average Bonchev–Trinajstić information content (AvgIpc) is 2.42. The van der Waals surface area contributed by atoms with Crippen LogP contribution >= 0.6 is 11.8 Å². The summed E-state index contributed by atoms with van der Waals surface area (Å²) in [5.74, 6) is 2.54. The Morgan fingerprint density at radius 2 is 1.94 bits per heavy atom. The molecular formula is C16H22OS. The Labute approximate surface area is 115 Å². The first kappa shape index (κ1) is 13.7. The van der Waals surface area contributed by atoms with Crippen LogP contribution < -0.4 is 0 Å². The van der Waals surface area contributed by atoms with Crippen LogP contribution in [0.1, 0.15) is 19.8 Å². The molecule has 1 aliphatic carbocycles. The van der Waals surface area contributed by atoms with Gasteiger partial charge in [-0.1, -0.05) is 37.3 Å². The Hall–Kier alpha value is -0.730. The van der Waals surface area contributed by atoms with Gasteiger partial charge in [0.1, 0.15) is 0 Å². The van der Waals surface area contributed by atoms with Crippen molar-refractivity contribution in [1.29, 1.82) is 0 Å². The van der Waals surface area contributed by atoms with E-state index >= 15 is 0 Å². The highest BCUT2D eigenvalue weighted by Gasteiger charge is 2.17. The zero-order chi connectivity index (χ0) is 12.6. The van der Waals surface area contributed by atoms with E-state index < -0.39 is 0 Å². The van der Waals surface area contributed by atoms with Crippen molar-refractivity contribution in [3.05, 3.63) is 42.5 Å². The predicted molar refractivity (Wildman–Crippen MR) is 79.0 cm³/mol. The maximum atomic E-state index is 5.81. The van der Waals surface area contributed by atoms with Crippen LogP contribution in [0.2, 0.25) is 0 Å². The third-order valence-electron chi connectivity index (χ3n) is 3.49. The largest absolute Gasteiger partial charge is 0.380 e. The van der Waals surface area contributed by atoms with Gasteiger partial charge in [0.15, 0.2) is 0 Å². The second kappa shape index (κ2) is 7.65. The molecule has 0 bridgehead atoms. The van der Waals surface area contributed by atoms with Gasteiger partial charge in [0.05, 0.1) is 6.61 Å². The number of thioether (sulfide) groups is 1. The molecular weight excluding hydrogens is 240 g/mol. The lowest BCUT2D eigenvalue weighted by Crippen LogP contribution is -2.20. The Kier molecular flexibility index (Phi) is 5.82. The van der Waals surface area contributed by atoms with E-state index in [9.17, 15) is 0 Å². The quantitative estimate of drug-likeness (QED) is 0.427. The van der Waals surface area contributed by atoms with Crippen LogP contribution in [0.4, 0.5) is 0 Å². The fourth-order valence-corrected chi connectivity index (χ4v) is 3.00. The molecule has 0 radical (unpaired) electrons. The van der Waals surface area contributed by atoms with Crippen molar-refractivity contribution < 1.29 is 4.74 Å².